The SMILES string of the molecule is CCC(CC)C1C(=O)N(C2CCCCC2)CN1C(C(=O)OC)C(C)C. The Morgan fingerprint density at radius 1 is 1.16 bits per heavy atom. The molecule has 0 spiro atoms. The maximum absolute atomic E-state index is 13.3. The fraction of sp³-hybridized carbons (Fsp3) is 0.900. The molecule has 1 aliphatic heterocycles. The standard InChI is InChI=1S/C20H36N2O3/c1-6-15(7-2)18-19(23)21(16-11-9-8-10-12-16)13-22(18)17(14(3)4)20(24)25-5/h14-18H,6-13H2,1-5H3. The highest BCUT2D eigenvalue weighted by Crippen LogP contribution is 2.34. The molecule has 2 fully saturated rings. The first-order chi connectivity index (χ1) is 12.0. The summed E-state index contributed by atoms with van der Waals surface area (Å²) in [7, 11) is 1.45. The second kappa shape index (κ2) is 9.02. The number of ether oxygens (including phenoxy) is 1. The summed E-state index contributed by atoms with van der Waals surface area (Å²) in [5.74, 6) is 0.412. The van der Waals surface area contributed by atoms with Crippen LogP contribution in [0.15, 0.2) is 0 Å². The van der Waals surface area contributed by atoms with Gasteiger partial charge in [-0.1, -0.05) is 59.8 Å². The summed E-state index contributed by atoms with van der Waals surface area (Å²) in [5.41, 5.74) is 0. The number of nitrogens with zero attached hydrogens (tertiary/aromatic N) is 2. The Balaban J connectivity index is 2.32. The van der Waals surface area contributed by atoms with E-state index in [1.165, 1.54) is 26.4 Å². The first kappa shape index (κ1) is 20.2. The third-order valence-corrected chi connectivity index (χ3v) is 6.15. The van der Waals surface area contributed by atoms with Gasteiger partial charge in [0, 0.05) is 6.04 Å². The van der Waals surface area contributed by atoms with Gasteiger partial charge in [-0.3, -0.25) is 14.5 Å². The van der Waals surface area contributed by atoms with Gasteiger partial charge in [-0.2, -0.15) is 0 Å². The van der Waals surface area contributed by atoms with Crippen molar-refractivity contribution in [3.63, 3.8) is 0 Å². The van der Waals surface area contributed by atoms with Gasteiger partial charge in [-0.05, 0) is 24.7 Å². The van der Waals surface area contributed by atoms with Gasteiger partial charge in [0.15, 0.2) is 0 Å². The van der Waals surface area contributed by atoms with E-state index in [0.717, 1.165) is 25.7 Å². The van der Waals surface area contributed by atoms with Crippen LogP contribution in [0.4, 0.5) is 0 Å². The summed E-state index contributed by atoms with van der Waals surface area (Å²) in [5, 5.41) is 0. The lowest BCUT2D eigenvalue weighted by atomic mass is 9.90. The maximum atomic E-state index is 13.3. The summed E-state index contributed by atoms with van der Waals surface area (Å²) in [6, 6.07) is -0.204. The number of carbonyl (C=O) groups is 2. The zero-order valence-corrected chi connectivity index (χ0v) is 16.7. The van der Waals surface area contributed by atoms with E-state index in [-0.39, 0.29) is 35.8 Å². The van der Waals surface area contributed by atoms with Crippen LogP contribution in [0, 0.1) is 11.8 Å². The fourth-order valence-electron chi connectivity index (χ4n) is 4.71. The lowest BCUT2D eigenvalue weighted by molar-refractivity contribution is -0.150. The van der Waals surface area contributed by atoms with E-state index in [1.54, 1.807) is 0 Å². The highest BCUT2D eigenvalue weighted by atomic mass is 16.5. The van der Waals surface area contributed by atoms with Crippen molar-refractivity contribution in [2.45, 2.75) is 90.8 Å². The van der Waals surface area contributed by atoms with Gasteiger partial charge in [-0.25, -0.2) is 0 Å². The van der Waals surface area contributed by atoms with Gasteiger partial charge >= 0.3 is 5.97 Å². The molecule has 25 heavy (non-hydrogen) atoms. The van der Waals surface area contributed by atoms with E-state index in [1.807, 2.05) is 13.8 Å². The van der Waals surface area contributed by atoms with Crippen LogP contribution in [0.5, 0.6) is 0 Å². The molecular weight excluding hydrogens is 316 g/mol. The summed E-state index contributed by atoms with van der Waals surface area (Å²) < 4.78 is 5.09. The third kappa shape index (κ3) is 4.18. The Morgan fingerprint density at radius 3 is 2.24 bits per heavy atom. The molecule has 2 aliphatic rings. The normalized spacial score (nSPS) is 24.4. The largest absolute Gasteiger partial charge is 0.468 e. The van der Waals surface area contributed by atoms with Crippen molar-refractivity contribution in [3.05, 3.63) is 0 Å². The molecule has 1 saturated carbocycles. The minimum absolute atomic E-state index is 0.114. The zero-order chi connectivity index (χ0) is 18.6. The number of amides is 1. The number of methoxy groups -OCH3 is 1. The van der Waals surface area contributed by atoms with E-state index in [9.17, 15) is 9.59 Å². The Bertz CT molecular complexity index is 456. The highest BCUT2D eigenvalue weighted by molar-refractivity contribution is 5.86. The molecule has 1 saturated heterocycles. The molecule has 2 rings (SSSR count). The van der Waals surface area contributed by atoms with Crippen LogP contribution in [0.25, 0.3) is 0 Å². The average molecular weight is 353 g/mol. The molecule has 2 unspecified atom stereocenters. The molecule has 0 N–H and O–H groups in total. The van der Waals surface area contributed by atoms with Gasteiger partial charge in [0.1, 0.15) is 6.04 Å². The fourth-order valence-corrected chi connectivity index (χ4v) is 4.71. The van der Waals surface area contributed by atoms with Crippen LogP contribution < -0.4 is 0 Å². The predicted molar refractivity (Wildman–Crippen MR) is 98.9 cm³/mol. The molecule has 1 aliphatic carbocycles. The topological polar surface area (TPSA) is 49.9 Å². The molecule has 0 aromatic carbocycles. The van der Waals surface area contributed by atoms with Crippen LogP contribution in [-0.2, 0) is 14.3 Å². The lowest BCUT2D eigenvalue weighted by Gasteiger charge is -2.35. The first-order valence-electron chi connectivity index (χ1n) is 10.1. The summed E-state index contributed by atoms with van der Waals surface area (Å²) in [6.07, 6.45) is 7.78. The van der Waals surface area contributed by atoms with E-state index < -0.39 is 0 Å². The van der Waals surface area contributed by atoms with Crippen molar-refractivity contribution in [2.24, 2.45) is 11.8 Å². The van der Waals surface area contributed by atoms with E-state index in [2.05, 4.69) is 23.6 Å². The number of hydrogen-bond acceptors (Lipinski definition) is 4. The Morgan fingerprint density at radius 2 is 1.76 bits per heavy atom. The molecule has 2 atom stereocenters. The first-order valence-corrected chi connectivity index (χ1v) is 10.1. The van der Waals surface area contributed by atoms with E-state index >= 15 is 0 Å². The quantitative estimate of drug-likeness (QED) is 0.659. The molecule has 1 heterocycles. The van der Waals surface area contributed by atoms with Gasteiger partial charge < -0.3 is 9.64 Å². The van der Waals surface area contributed by atoms with Crippen LogP contribution in [0.3, 0.4) is 0 Å². The van der Waals surface area contributed by atoms with Crippen LogP contribution >= 0.6 is 0 Å². The Kier molecular flexibility index (Phi) is 7.29. The average Bonchev–Trinajstić information content (AvgIpc) is 2.94. The Labute approximate surface area is 153 Å². The van der Waals surface area contributed by atoms with Gasteiger partial charge in [0.2, 0.25) is 5.91 Å². The number of esters is 1. The number of hydrogen-bond donors (Lipinski definition) is 0. The molecule has 144 valence electrons. The lowest BCUT2D eigenvalue weighted by Crippen LogP contribution is -2.51. The highest BCUT2D eigenvalue weighted by Gasteiger charge is 2.49. The van der Waals surface area contributed by atoms with Crippen molar-refractivity contribution < 1.29 is 14.3 Å². The molecule has 0 bridgehead atoms. The van der Waals surface area contributed by atoms with E-state index in [0.29, 0.717) is 12.7 Å². The molecule has 0 aromatic heterocycles. The second-order valence-corrected chi connectivity index (χ2v) is 7.99. The predicted octanol–water partition coefficient (Wildman–Crippen LogP) is 3.42. The number of rotatable bonds is 7. The van der Waals surface area contributed by atoms with Crippen molar-refractivity contribution in [1.82, 2.24) is 9.80 Å². The van der Waals surface area contributed by atoms with Crippen molar-refractivity contribution >= 4 is 11.9 Å². The molecule has 5 heteroatoms. The molecular formula is C20H36N2O3. The summed E-state index contributed by atoms with van der Waals surface area (Å²) >= 11 is 0. The Hall–Kier alpha value is -1.10. The van der Waals surface area contributed by atoms with Gasteiger partial charge in [-0.15, -0.1) is 0 Å². The smallest absolute Gasteiger partial charge is 0.323 e. The van der Waals surface area contributed by atoms with Crippen LogP contribution in [-0.4, -0.2) is 53.6 Å². The van der Waals surface area contributed by atoms with Crippen LogP contribution in [0.1, 0.15) is 72.6 Å². The molecule has 5 nitrogen and oxygen atoms in total. The number of carbonyl (C=O) groups excluding carboxylic acids is 2. The van der Waals surface area contributed by atoms with E-state index in [4.69, 9.17) is 4.74 Å². The summed E-state index contributed by atoms with van der Waals surface area (Å²) in [4.78, 5) is 30.0. The van der Waals surface area contributed by atoms with Gasteiger partial charge in [0.25, 0.3) is 0 Å². The molecule has 1 amide bonds. The molecule has 0 radical (unpaired) electrons. The third-order valence-electron chi connectivity index (χ3n) is 6.15. The van der Waals surface area contributed by atoms with Crippen molar-refractivity contribution in [2.75, 3.05) is 13.8 Å². The zero-order valence-electron chi connectivity index (χ0n) is 16.7. The minimum atomic E-state index is -0.354. The maximum Gasteiger partial charge on any atom is 0.323 e. The van der Waals surface area contributed by atoms with Crippen molar-refractivity contribution in [3.8, 4) is 0 Å². The second-order valence-electron chi connectivity index (χ2n) is 7.99. The van der Waals surface area contributed by atoms with Gasteiger partial charge in [0.05, 0.1) is 19.8 Å². The molecule has 0 aromatic rings. The minimum Gasteiger partial charge on any atom is -0.468 e. The van der Waals surface area contributed by atoms with Crippen LogP contribution in [0.2, 0.25) is 0 Å². The van der Waals surface area contributed by atoms with Crippen molar-refractivity contribution in [1.29, 1.82) is 0 Å². The summed E-state index contributed by atoms with van der Waals surface area (Å²) in [6.45, 7) is 8.94. The monoisotopic (exact) mass is 352 g/mol.